The quantitative estimate of drug-likeness (QED) is 0.858. The van der Waals surface area contributed by atoms with Crippen molar-refractivity contribution in [3.63, 3.8) is 0 Å². The van der Waals surface area contributed by atoms with Gasteiger partial charge in [0.1, 0.15) is 0 Å². The lowest BCUT2D eigenvalue weighted by molar-refractivity contribution is 0.414. The number of benzene rings is 1. The van der Waals surface area contributed by atoms with Gasteiger partial charge < -0.3 is 5.11 Å². The molecule has 1 N–H and O–H groups in total. The molecule has 0 aliphatic carbocycles. The summed E-state index contributed by atoms with van der Waals surface area (Å²) in [5, 5.41) is 9.77. The molecule has 0 saturated heterocycles. The summed E-state index contributed by atoms with van der Waals surface area (Å²) < 4.78 is 1.36. The highest BCUT2D eigenvalue weighted by atomic mass is 16.3. The smallest absolute Gasteiger partial charge is 0.253 e. The van der Waals surface area contributed by atoms with Crippen LogP contribution in [-0.2, 0) is 6.54 Å². The number of hydrogen-bond acceptors (Lipinski definition) is 2. The van der Waals surface area contributed by atoms with Gasteiger partial charge in [-0.25, -0.2) is 0 Å². The molecular formula is C14H15NO2. The molecule has 0 aliphatic heterocycles. The highest BCUT2D eigenvalue weighted by molar-refractivity contribution is 5.25. The largest absolute Gasteiger partial charge is 0.494 e. The fraction of sp³-hybridized carbons (Fsp3) is 0.214. The van der Waals surface area contributed by atoms with Crippen molar-refractivity contribution in [2.75, 3.05) is 0 Å². The first kappa shape index (κ1) is 11.5. The molecule has 1 aromatic heterocycles. The molecule has 2 rings (SSSR count). The van der Waals surface area contributed by atoms with Gasteiger partial charge in [0.25, 0.3) is 5.56 Å². The predicted molar refractivity (Wildman–Crippen MR) is 67.4 cm³/mol. The van der Waals surface area contributed by atoms with Gasteiger partial charge in [-0.05, 0) is 25.0 Å². The summed E-state index contributed by atoms with van der Waals surface area (Å²) in [4.78, 5) is 11.8. The number of pyridine rings is 1. The fourth-order valence-corrected chi connectivity index (χ4v) is 1.86. The Kier molecular flexibility index (Phi) is 3.00. The summed E-state index contributed by atoms with van der Waals surface area (Å²) in [5.41, 5.74) is 2.74. The topological polar surface area (TPSA) is 42.2 Å². The number of aromatic hydroxyl groups is 1. The monoisotopic (exact) mass is 229 g/mol. The molecule has 88 valence electrons. The molecule has 1 aromatic carbocycles. The maximum Gasteiger partial charge on any atom is 0.253 e. The van der Waals surface area contributed by atoms with Crippen LogP contribution in [0.5, 0.6) is 5.88 Å². The van der Waals surface area contributed by atoms with Gasteiger partial charge in [-0.2, -0.15) is 0 Å². The number of rotatable bonds is 2. The zero-order chi connectivity index (χ0) is 12.4. The highest BCUT2D eigenvalue weighted by Gasteiger charge is 2.04. The van der Waals surface area contributed by atoms with Crippen LogP contribution < -0.4 is 5.56 Å². The predicted octanol–water partition coefficient (Wildman–Crippen LogP) is 2.22. The fourth-order valence-electron chi connectivity index (χ4n) is 1.86. The van der Waals surface area contributed by atoms with Crippen LogP contribution in [0.15, 0.2) is 41.2 Å². The molecule has 0 saturated carbocycles. The molecule has 0 spiro atoms. The van der Waals surface area contributed by atoms with E-state index in [0.29, 0.717) is 6.54 Å². The normalized spacial score (nSPS) is 10.5. The summed E-state index contributed by atoms with van der Waals surface area (Å²) in [6, 6.07) is 11.0. The molecule has 3 nitrogen and oxygen atoms in total. The van der Waals surface area contributed by atoms with E-state index < -0.39 is 0 Å². The first-order valence-electron chi connectivity index (χ1n) is 5.52. The van der Waals surface area contributed by atoms with Crippen LogP contribution in [0, 0.1) is 13.8 Å². The molecule has 0 bridgehead atoms. The molecule has 2 aromatic rings. The van der Waals surface area contributed by atoms with Gasteiger partial charge >= 0.3 is 0 Å². The van der Waals surface area contributed by atoms with Crippen molar-refractivity contribution in [3.8, 4) is 5.88 Å². The Morgan fingerprint density at radius 3 is 2.53 bits per heavy atom. The van der Waals surface area contributed by atoms with Crippen molar-refractivity contribution in [1.82, 2.24) is 4.57 Å². The van der Waals surface area contributed by atoms with E-state index in [1.165, 1.54) is 10.6 Å². The molecule has 1 heterocycles. The lowest BCUT2D eigenvalue weighted by Gasteiger charge is -2.09. The third-order valence-electron chi connectivity index (χ3n) is 2.67. The Labute approximate surface area is 100.0 Å². The van der Waals surface area contributed by atoms with E-state index in [1.807, 2.05) is 31.2 Å². The van der Waals surface area contributed by atoms with E-state index in [-0.39, 0.29) is 11.4 Å². The van der Waals surface area contributed by atoms with Gasteiger partial charge in [0.15, 0.2) is 5.88 Å². The molecule has 0 fully saturated rings. The zero-order valence-corrected chi connectivity index (χ0v) is 9.97. The van der Waals surface area contributed by atoms with Crippen LogP contribution in [0.1, 0.15) is 16.7 Å². The van der Waals surface area contributed by atoms with Gasteiger partial charge in [0.2, 0.25) is 0 Å². The second-order valence-corrected chi connectivity index (χ2v) is 4.30. The molecule has 3 heteroatoms. The number of nitrogens with zero attached hydrogens (tertiary/aromatic N) is 1. The maximum atomic E-state index is 11.8. The zero-order valence-electron chi connectivity index (χ0n) is 9.97. The molecule has 17 heavy (non-hydrogen) atoms. The average molecular weight is 229 g/mol. The minimum atomic E-state index is -0.177. The highest BCUT2D eigenvalue weighted by Crippen LogP contribution is 2.12. The second-order valence-electron chi connectivity index (χ2n) is 4.30. The third-order valence-corrected chi connectivity index (χ3v) is 2.67. The van der Waals surface area contributed by atoms with Gasteiger partial charge in [0.05, 0.1) is 6.54 Å². The lowest BCUT2D eigenvalue weighted by atomic mass is 10.1. The molecule has 0 aliphatic rings. The van der Waals surface area contributed by atoms with Crippen molar-refractivity contribution in [2.45, 2.75) is 20.4 Å². The Balaban J connectivity index is 2.40. The van der Waals surface area contributed by atoms with Crippen LogP contribution in [0.25, 0.3) is 0 Å². The van der Waals surface area contributed by atoms with E-state index in [9.17, 15) is 9.90 Å². The van der Waals surface area contributed by atoms with E-state index in [4.69, 9.17) is 0 Å². The second kappa shape index (κ2) is 4.45. The summed E-state index contributed by atoms with van der Waals surface area (Å²) >= 11 is 0. The van der Waals surface area contributed by atoms with E-state index >= 15 is 0 Å². The summed E-state index contributed by atoms with van der Waals surface area (Å²) in [6.45, 7) is 4.19. The summed E-state index contributed by atoms with van der Waals surface area (Å²) in [6.07, 6.45) is 0. The first-order valence-corrected chi connectivity index (χ1v) is 5.52. The molecule has 0 amide bonds. The molecular weight excluding hydrogens is 214 g/mol. The Hall–Kier alpha value is -2.03. The Morgan fingerprint density at radius 1 is 1.12 bits per heavy atom. The van der Waals surface area contributed by atoms with Crippen LogP contribution in [-0.4, -0.2) is 9.67 Å². The van der Waals surface area contributed by atoms with E-state index in [0.717, 1.165) is 16.7 Å². The Bertz CT molecular complexity index is 599. The van der Waals surface area contributed by atoms with Crippen molar-refractivity contribution >= 4 is 0 Å². The van der Waals surface area contributed by atoms with E-state index in [1.54, 1.807) is 13.0 Å². The maximum absolute atomic E-state index is 11.8. The van der Waals surface area contributed by atoms with E-state index in [2.05, 4.69) is 0 Å². The van der Waals surface area contributed by atoms with Gasteiger partial charge in [-0.3, -0.25) is 9.36 Å². The van der Waals surface area contributed by atoms with Crippen LogP contribution in [0.2, 0.25) is 0 Å². The van der Waals surface area contributed by atoms with Crippen molar-refractivity contribution in [2.24, 2.45) is 0 Å². The van der Waals surface area contributed by atoms with Gasteiger partial charge in [0, 0.05) is 12.1 Å². The Morgan fingerprint density at radius 2 is 1.88 bits per heavy atom. The molecule has 0 atom stereocenters. The van der Waals surface area contributed by atoms with Crippen LogP contribution >= 0.6 is 0 Å². The average Bonchev–Trinajstić information content (AvgIpc) is 2.23. The molecule has 0 radical (unpaired) electrons. The first-order chi connectivity index (χ1) is 8.06. The van der Waals surface area contributed by atoms with Crippen molar-refractivity contribution in [1.29, 1.82) is 0 Å². The third kappa shape index (κ3) is 2.56. The van der Waals surface area contributed by atoms with Gasteiger partial charge in [-0.1, -0.05) is 29.8 Å². The number of aryl methyl sites for hydroxylation is 2. The summed E-state index contributed by atoms with van der Waals surface area (Å²) in [5.74, 6) is 0.0107. The lowest BCUT2D eigenvalue weighted by Crippen LogP contribution is -2.20. The minimum absolute atomic E-state index is 0.0107. The SMILES string of the molecule is Cc1cccc(Cn2c(O)cc(C)cc2=O)c1. The standard InChI is InChI=1S/C14H15NO2/c1-10-4-3-5-12(6-10)9-15-13(16)7-11(2)8-14(15)17/h3-8,16H,9H2,1-2H3. The van der Waals surface area contributed by atoms with Crippen molar-refractivity contribution < 1.29 is 5.11 Å². The van der Waals surface area contributed by atoms with Crippen LogP contribution in [0.4, 0.5) is 0 Å². The van der Waals surface area contributed by atoms with Gasteiger partial charge in [-0.15, -0.1) is 0 Å². The van der Waals surface area contributed by atoms with Crippen LogP contribution in [0.3, 0.4) is 0 Å². The van der Waals surface area contributed by atoms with Crippen molar-refractivity contribution in [3.05, 3.63) is 63.4 Å². The minimum Gasteiger partial charge on any atom is -0.494 e. The number of aromatic nitrogens is 1. The number of hydrogen-bond donors (Lipinski definition) is 1. The summed E-state index contributed by atoms with van der Waals surface area (Å²) in [7, 11) is 0. The molecule has 0 unspecified atom stereocenters.